The Kier molecular flexibility index (Phi) is 5.16. The van der Waals surface area contributed by atoms with Crippen LogP contribution in [0.15, 0.2) is 22.6 Å². The lowest BCUT2D eigenvalue weighted by atomic mass is 10.1. The summed E-state index contributed by atoms with van der Waals surface area (Å²) in [7, 11) is 3.13. The van der Waals surface area contributed by atoms with Gasteiger partial charge >= 0.3 is 5.97 Å². The van der Waals surface area contributed by atoms with Gasteiger partial charge in [-0.15, -0.1) is 0 Å². The van der Waals surface area contributed by atoms with Crippen LogP contribution in [0.2, 0.25) is 0 Å². The number of esters is 1. The number of carbonyl (C=O) groups excluding carboxylic acids is 1. The monoisotopic (exact) mass is 371 g/mol. The van der Waals surface area contributed by atoms with E-state index in [1.54, 1.807) is 47.1 Å². The number of carbonyl (C=O) groups is 1. The highest BCUT2D eigenvalue weighted by atomic mass is 16.5. The molecule has 3 aromatic rings. The Hall–Kier alpha value is -3.29. The van der Waals surface area contributed by atoms with Gasteiger partial charge in [-0.1, -0.05) is 0 Å². The van der Waals surface area contributed by atoms with Crippen molar-refractivity contribution in [2.24, 2.45) is 0 Å². The smallest absolute Gasteiger partial charge is 0.342 e. The van der Waals surface area contributed by atoms with Gasteiger partial charge in [0.15, 0.2) is 11.5 Å². The molecule has 8 heteroatoms. The van der Waals surface area contributed by atoms with Crippen LogP contribution in [-0.4, -0.2) is 36.8 Å². The lowest BCUT2D eigenvalue weighted by molar-refractivity contribution is 0.0526. The molecule has 0 spiro atoms. The number of hydrogen-bond acceptors (Lipinski definition) is 8. The second kappa shape index (κ2) is 7.53. The summed E-state index contributed by atoms with van der Waals surface area (Å²) >= 11 is 0. The van der Waals surface area contributed by atoms with E-state index in [4.69, 9.17) is 18.6 Å². The van der Waals surface area contributed by atoms with Gasteiger partial charge in [-0.2, -0.15) is 4.98 Å². The summed E-state index contributed by atoms with van der Waals surface area (Å²) in [5.41, 5.74) is 1.35. The minimum absolute atomic E-state index is 0.260. The van der Waals surface area contributed by atoms with Crippen LogP contribution in [0.5, 0.6) is 11.5 Å². The van der Waals surface area contributed by atoms with Crippen molar-refractivity contribution < 1.29 is 23.4 Å². The summed E-state index contributed by atoms with van der Waals surface area (Å²) in [6.45, 7) is 5.46. The minimum atomic E-state index is -0.475. The Morgan fingerprint density at radius 2 is 1.89 bits per heavy atom. The van der Waals surface area contributed by atoms with Crippen molar-refractivity contribution in [2.45, 2.75) is 20.8 Å². The van der Waals surface area contributed by atoms with E-state index in [1.165, 1.54) is 0 Å². The minimum Gasteiger partial charge on any atom is -0.493 e. The van der Waals surface area contributed by atoms with Gasteiger partial charge in [0.2, 0.25) is 5.71 Å². The number of nitrogens with one attached hydrogen (secondary N) is 1. The molecule has 0 fully saturated rings. The number of aromatic nitrogens is 2. The number of anilines is 2. The Labute approximate surface area is 156 Å². The van der Waals surface area contributed by atoms with Crippen molar-refractivity contribution >= 4 is 28.6 Å². The fourth-order valence-corrected chi connectivity index (χ4v) is 2.81. The predicted molar refractivity (Wildman–Crippen MR) is 100 cm³/mol. The number of methoxy groups -OCH3 is 2. The van der Waals surface area contributed by atoms with Gasteiger partial charge in [-0.25, -0.2) is 9.78 Å². The van der Waals surface area contributed by atoms with Crippen LogP contribution in [0, 0.1) is 13.8 Å². The SMILES string of the molecule is CCOC(=O)c1c(C)oc2nc(C)nc(Nc3ccc(OC)c(OC)c3)c12. The van der Waals surface area contributed by atoms with Crippen molar-refractivity contribution in [2.75, 3.05) is 26.1 Å². The molecule has 142 valence electrons. The van der Waals surface area contributed by atoms with E-state index in [2.05, 4.69) is 15.3 Å². The van der Waals surface area contributed by atoms with Gasteiger partial charge in [0, 0.05) is 11.8 Å². The molecule has 3 rings (SSSR count). The molecular formula is C19H21N3O5. The lowest BCUT2D eigenvalue weighted by Crippen LogP contribution is -2.07. The molecule has 0 aliphatic heterocycles. The maximum absolute atomic E-state index is 12.4. The summed E-state index contributed by atoms with van der Waals surface area (Å²) in [6.07, 6.45) is 0. The number of fused-ring (bicyclic) bond motifs is 1. The highest BCUT2D eigenvalue weighted by molar-refractivity contribution is 6.08. The number of rotatable bonds is 6. The maximum atomic E-state index is 12.4. The van der Waals surface area contributed by atoms with E-state index in [-0.39, 0.29) is 6.61 Å². The average molecular weight is 371 g/mol. The number of nitrogens with zero attached hydrogens (tertiary/aromatic N) is 2. The third-order valence-electron chi connectivity index (χ3n) is 3.97. The largest absolute Gasteiger partial charge is 0.493 e. The molecule has 0 amide bonds. The Morgan fingerprint density at radius 1 is 1.15 bits per heavy atom. The van der Waals surface area contributed by atoms with Crippen LogP contribution in [-0.2, 0) is 4.74 Å². The van der Waals surface area contributed by atoms with Gasteiger partial charge in [0.1, 0.15) is 23.0 Å². The van der Waals surface area contributed by atoms with Crippen LogP contribution in [0.3, 0.4) is 0 Å². The van der Waals surface area contributed by atoms with Crippen molar-refractivity contribution in [1.29, 1.82) is 0 Å². The van der Waals surface area contributed by atoms with Crippen LogP contribution in [0.4, 0.5) is 11.5 Å². The standard InChI is InChI=1S/C19H21N3O5/c1-6-26-19(23)15-10(2)27-18-16(15)17(20-11(3)21-18)22-12-7-8-13(24-4)14(9-12)25-5/h7-9H,6H2,1-5H3,(H,20,21,22). The first-order valence-corrected chi connectivity index (χ1v) is 8.42. The van der Waals surface area contributed by atoms with Crippen molar-refractivity contribution in [1.82, 2.24) is 9.97 Å². The van der Waals surface area contributed by atoms with E-state index in [9.17, 15) is 4.79 Å². The normalized spacial score (nSPS) is 10.7. The maximum Gasteiger partial charge on any atom is 0.342 e. The molecule has 0 saturated heterocycles. The Bertz CT molecular complexity index is 997. The van der Waals surface area contributed by atoms with Gasteiger partial charge in [-0.3, -0.25) is 0 Å². The topological polar surface area (TPSA) is 95.7 Å². The predicted octanol–water partition coefficient (Wildman–Crippen LogP) is 3.78. The highest BCUT2D eigenvalue weighted by Crippen LogP contribution is 2.35. The Balaban J connectivity index is 2.12. The summed E-state index contributed by atoms with van der Waals surface area (Å²) in [4.78, 5) is 21.2. The first-order valence-electron chi connectivity index (χ1n) is 8.42. The van der Waals surface area contributed by atoms with Gasteiger partial charge in [0.05, 0.1) is 26.2 Å². The third kappa shape index (κ3) is 3.51. The number of aryl methyl sites for hydroxylation is 2. The third-order valence-corrected chi connectivity index (χ3v) is 3.97. The molecule has 0 atom stereocenters. The van der Waals surface area contributed by atoms with Crippen LogP contribution in [0.1, 0.15) is 28.9 Å². The molecule has 1 N–H and O–H groups in total. The van der Waals surface area contributed by atoms with Crippen molar-refractivity contribution in [3.63, 3.8) is 0 Å². The molecule has 0 aliphatic carbocycles. The molecule has 0 aliphatic rings. The molecule has 0 saturated carbocycles. The summed E-state index contributed by atoms with van der Waals surface area (Å²) in [5.74, 6) is 2.09. The Morgan fingerprint density at radius 3 is 2.56 bits per heavy atom. The number of hydrogen-bond donors (Lipinski definition) is 1. The second-order valence-corrected chi connectivity index (χ2v) is 5.75. The number of furan rings is 1. The van der Waals surface area contributed by atoms with Crippen LogP contribution < -0.4 is 14.8 Å². The fraction of sp³-hybridized carbons (Fsp3) is 0.316. The summed E-state index contributed by atoms with van der Waals surface area (Å²) in [5, 5.41) is 3.69. The summed E-state index contributed by atoms with van der Waals surface area (Å²) in [6, 6.07) is 5.37. The molecule has 0 radical (unpaired) electrons. The molecule has 8 nitrogen and oxygen atoms in total. The van der Waals surface area contributed by atoms with Crippen molar-refractivity contribution in [3.05, 3.63) is 35.3 Å². The first kappa shape index (κ1) is 18.5. The zero-order valence-electron chi connectivity index (χ0n) is 15.9. The average Bonchev–Trinajstić information content (AvgIpc) is 2.97. The van der Waals surface area contributed by atoms with E-state index < -0.39 is 5.97 Å². The zero-order valence-corrected chi connectivity index (χ0v) is 15.9. The molecule has 2 heterocycles. The van der Waals surface area contributed by atoms with E-state index in [1.807, 2.05) is 6.07 Å². The molecule has 27 heavy (non-hydrogen) atoms. The number of ether oxygens (including phenoxy) is 3. The lowest BCUT2D eigenvalue weighted by Gasteiger charge is -2.12. The first-order chi connectivity index (χ1) is 13.0. The van der Waals surface area contributed by atoms with E-state index >= 15 is 0 Å². The highest BCUT2D eigenvalue weighted by Gasteiger charge is 2.24. The van der Waals surface area contributed by atoms with Gasteiger partial charge in [0.25, 0.3) is 0 Å². The zero-order chi connectivity index (χ0) is 19.6. The molecule has 0 unspecified atom stereocenters. The molecular weight excluding hydrogens is 350 g/mol. The fourth-order valence-electron chi connectivity index (χ4n) is 2.81. The van der Waals surface area contributed by atoms with Gasteiger partial charge < -0.3 is 23.9 Å². The van der Waals surface area contributed by atoms with E-state index in [0.717, 1.165) is 0 Å². The quantitative estimate of drug-likeness (QED) is 0.654. The second-order valence-electron chi connectivity index (χ2n) is 5.75. The van der Waals surface area contributed by atoms with Crippen LogP contribution >= 0.6 is 0 Å². The van der Waals surface area contributed by atoms with Crippen molar-refractivity contribution in [3.8, 4) is 11.5 Å². The number of benzene rings is 1. The molecule has 2 aromatic heterocycles. The van der Waals surface area contributed by atoms with Crippen LogP contribution in [0.25, 0.3) is 11.1 Å². The molecule has 0 bridgehead atoms. The summed E-state index contributed by atoms with van der Waals surface area (Å²) < 4.78 is 21.4. The van der Waals surface area contributed by atoms with E-state index in [0.29, 0.717) is 51.3 Å². The van der Waals surface area contributed by atoms with Gasteiger partial charge in [-0.05, 0) is 32.9 Å². The molecule has 1 aromatic carbocycles.